The monoisotopic (exact) mass is 519 g/mol. The van der Waals surface area contributed by atoms with Crippen LogP contribution in [0.5, 0.6) is 0 Å². The van der Waals surface area contributed by atoms with E-state index in [1.165, 1.54) is 28.6 Å². The largest absolute Gasteiger partial charge is 0.416 e. The molecule has 0 bridgehead atoms. The van der Waals surface area contributed by atoms with Gasteiger partial charge in [-0.3, -0.25) is 9.48 Å². The molecule has 6 nitrogen and oxygen atoms in total. The molecule has 3 heterocycles. The fraction of sp³-hybridized carbons (Fsp3) is 0.292. The number of fused-ring (bicyclic) bond motifs is 1. The zero-order valence-corrected chi connectivity index (χ0v) is 20.1. The maximum absolute atomic E-state index is 13.5. The molecule has 2 aromatic carbocycles. The Morgan fingerprint density at radius 2 is 2.00 bits per heavy atom. The van der Waals surface area contributed by atoms with Crippen LogP contribution in [0, 0.1) is 0 Å². The molecule has 1 fully saturated rings. The molecular formula is C24H21ClF3N5OS. The van der Waals surface area contributed by atoms with Crippen LogP contribution in [0.15, 0.2) is 52.5 Å². The van der Waals surface area contributed by atoms with Gasteiger partial charge in [0.2, 0.25) is 0 Å². The van der Waals surface area contributed by atoms with Crippen LogP contribution in [0.2, 0.25) is 5.02 Å². The van der Waals surface area contributed by atoms with E-state index >= 15 is 0 Å². The molecule has 0 unspecified atom stereocenters. The number of nitrogens with zero attached hydrogens (tertiary/aromatic N) is 4. The molecule has 35 heavy (non-hydrogen) atoms. The van der Waals surface area contributed by atoms with Gasteiger partial charge in [-0.15, -0.1) is 0 Å². The van der Waals surface area contributed by atoms with E-state index in [2.05, 4.69) is 20.3 Å². The molecule has 1 N–H and O–H groups in total. The maximum atomic E-state index is 13.5. The SMILES string of the molecule is O=C1N=C(N2CCCNCC2)SC1=Cc1ccc2c(cnn2Cc2ccc(Cl)cc2C(F)(F)F)c1. The summed E-state index contributed by atoms with van der Waals surface area (Å²) in [5.41, 5.74) is 0.793. The summed E-state index contributed by atoms with van der Waals surface area (Å²) < 4.78 is 42.0. The third kappa shape index (κ3) is 5.24. The Bertz CT molecular complexity index is 1340. The van der Waals surface area contributed by atoms with Gasteiger partial charge < -0.3 is 10.2 Å². The molecule has 3 aromatic rings. The second-order valence-corrected chi connectivity index (χ2v) is 9.77. The molecule has 1 saturated heterocycles. The number of aromatic nitrogens is 2. The molecular weight excluding hydrogens is 499 g/mol. The molecule has 182 valence electrons. The van der Waals surface area contributed by atoms with Crippen molar-refractivity contribution in [3.05, 3.63) is 69.2 Å². The summed E-state index contributed by atoms with van der Waals surface area (Å²) in [5.74, 6) is -0.264. The Morgan fingerprint density at radius 3 is 2.83 bits per heavy atom. The maximum Gasteiger partial charge on any atom is 0.416 e. The van der Waals surface area contributed by atoms with Gasteiger partial charge in [0.15, 0.2) is 5.17 Å². The number of carbonyl (C=O) groups excluding carboxylic acids is 1. The van der Waals surface area contributed by atoms with Crippen molar-refractivity contribution in [2.75, 3.05) is 26.2 Å². The van der Waals surface area contributed by atoms with E-state index in [1.807, 2.05) is 12.1 Å². The van der Waals surface area contributed by atoms with Gasteiger partial charge in [-0.25, -0.2) is 0 Å². The number of carbonyl (C=O) groups is 1. The van der Waals surface area contributed by atoms with Gasteiger partial charge in [-0.05, 0) is 66.2 Å². The first-order chi connectivity index (χ1) is 16.8. The van der Waals surface area contributed by atoms with Crippen LogP contribution in [0.4, 0.5) is 13.2 Å². The molecule has 2 aliphatic rings. The minimum atomic E-state index is -4.52. The lowest BCUT2D eigenvalue weighted by molar-refractivity contribution is -0.138. The second kappa shape index (κ2) is 9.67. The number of halogens is 4. The van der Waals surface area contributed by atoms with E-state index < -0.39 is 11.7 Å². The number of alkyl halides is 3. The van der Waals surface area contributed by atoms with Crippen molar-refractivity contribution in [2.45, 2.75) is 19.1 Å². The van der Waals surface area contributed by atoms with Gasteiger partial charge in [-0.1, -0.05) is 23.7 Å². The Labute approximate surface area is 208 Å². The number of hydrogen-bond donors (Lipinski definition) is 1. The van der Waals surface area contributed by atoms with Gasteiger partial charge in [-0.2, -0.15) is 23.3 Å². The van der Waals surface area contributed by atoms with Crippen molar-refractivity contribution in [3.63, 3.8) is 0 Å². The summed E-state index contributed by atoms with van der Waals surface area (Å²) in [6, 6.07) is 9.23. The number of amides is 1. The van der Waals surface area contributed by atoms with Crippen LogP contribution < -0.4 is 5.32 Å². The molecule has 0 radical (unpaired) electrons. The number of hydrogen-bond acceptors (Lipinski definition) is 5. The minimum Gasteiger partial charge on any atom is -0.349 e. The Morgan fingerprint density at radius 1 is 1.14 bits per heavy atom. The topological polar surface area (TPSA) is 62.5 Å². The van der Waals surface area contributed by atoms with Gasteiger partial charge in [0.05, 0.1) is 28.7 Å². The summed E-state index contributed by atoms with van der Waals surface area (Å²) in [7, 11) is 0. The first-order valence-corrected chi connectivity index (χ1v) is 12.3. The lowest BCUT2D eigenvalue weighted by Gasteiger charge is -2.20. The van der Waals surface area contributed by atoms with Gasteiger partial charge in [0.25, 0.3) is 5.91 Å². The van der Waals surface area contributed by atoms with Gasteiger partial charge >= 0.3 is 6.18 Å². The Kier molecular flexibility index (Phi) is 6.61. The molecule has 0 atom stereocenters. The zero-order chi connectivity index (χ0) is 24.6. The van der Waals surface area contributed by atoms with Crippen molar-refractivity contribution < 1.29 is 18.0 Å². The molecule has 2 aliphatic heterocycles. The predicted molar refractivity (Wildman–Crippen MR) is 132 cm³/mol. The van der Waals surface area contributed by atoms with Crippen LogP contribution in [-0.4, -0.2) is 51.9 Å². The predicted octanol–water partition coefficient (Wildman–Crippen LogP) is 5.02. The van der Waals surface area contributed by atoms with Crippen LogP contribution in [0.25, 0.3) is 17.0 Å². The van der Waals surface area contributed by atoms with E-state index in [-0.39, 0.29) is 23.0 Å². The molecule has 1 amide bonds. The average Bonchev–Trinajstić information content (AvgIpc) is 3.25. The number of benzene rings is 2. The normalized spacial score (nSPS) is 18.4. The standard InChI is InChI=1S/C24H21ClF3N5OS/c25-18-4-3-16(19(12-18)24(26,27)28)14-33-20-5-2-15(10-17(20)13-30-33)11-21-22(34)31-23(35-21)32-8-1-6-29-7-9-32/h2-5,10-13,29H,1,6-9,14H2. The molecule has 1 aromatic heterocycles. The van der Waals surface area contributed by atoms with E-state index in [4.69, 9.17) is 11.6 Å². The first kappa shape index (κ1) is 23.9. The fourth-order valence-corrected chi connectivity index (χ4v) is 5.29. The van der Waals surface area contributed by atoms with Crippen molar-refractivity contribution in [1.29, 1.82) is 0 Å². The molecule has 5 rings (SSSR count). The van der Waals surface area contributed by atoms with Crippen molar-refractivity contribution in [2.24, 2.45) is 4.99 Å². The van der Waals surface area contributed by atoms with Crippen molar-refractivity contribution >= 4 is 51.4 Å². The number of aliphatic imine (C=N–C) groups is 1. The molecule has 0 spiro atoms. The van der Waals surface area contributed by atoms with E-state index in [9.17, 15) is 18.0 Å². The number of nitrogens with one attached hydrogen (secondary N) is 1. The summed E-state index contributed by atoms with van der Waals surface area (Å²) in [5, 5.41) is 9.15. The fourth-order valence-electron chi connectivity index (χ4n) is 4.15. The number of thioether (sulfide) groups is 1. The second-order valence-electron chi connectivity index (χ2n) is 8.32. The molecule has 0 saturated carbocycles. The van der Waals surface area contributed by atoms with Crippen molar-refractivity contribution in [3.8, 4) is 0 Å². The lowest BCUT2D eigenvalue weighted by atomic mass is 10.1. The summed E-state index contributed by atoms with van der Waals surface area (Å²) in [4.78, 5) is 19.4. The smallest absolute Gasteiger partial charge is 0.349 e. The average molecular weight is 520 g/mol. The quantitative estimate of drug-likeness (QED) is 0.492. The first-order valence-electron chi connectivity index (χ1n) is 11.1. The Balaban J connectivity index is 1.36. The number of amidine groups is 1. The minimum absolute atomic E-state index is 0.0306. The lowest BCUT2D eigenvalue weighted by Crippen LogP contribution is -2.31. The van der Waals surface area contributed by atoms with E-state index in [1.54, 1.807) is 18.3 Å². The Hall–Kier alpha value is -2.82. The highest BCUT2D eigenvalue weighted by molar-refractivity contribution is 8.18. The van der Waals surface area contributed by atoms with Crippen LogP contribution in [0.3, 0.4) is 0 Å². The highest BCUT2D eigenvalue weighted by Gasteiger charge is 2.33. The summed E-state index contributed by atoms with van der Waals surface area (Å²) >= 11 is 7.16. The molecule has 0 aliphatic carbocycles. The number of rotatable bonds is 3. The third-order valence-electron chi connectivity index (χ3n) is 5.88. The van der Waals surface area contributed by atoms with Gasteiger partial charge in [0, 0.05) is 30.0 Å². The zero-order valence-electron chi connectivity index (χ0n) is 18.5. The van der Waals surface area contributed by atoms with Crippen LogP contribution in [0.1, 0.15) is 23.1 Å². The van der Waals surface area contributed by atoms with E-state index in [0.717, 1.165) is 54.8 Å². The van der Waals surface area contributed by atoms with Crippen LogP contribution >= 0.6 is 23.4 Å². The van der Waals surface area contributed by atoms with Crippen LogP contribution in [-0.2, 0) is 17.5 Å². The van der Waals surface area contributed by atoms with Gasteiger partial charge in [0.1, 0.15) is 0 Å². The summed E-state index contributed by atoms with van der Waals surface area (Å²) in [6.45, 7) is 3.42. The highest BCUT2D eigenvalue weighted by Crippen LogP contribution is 2.35. The summed E-state index contributed by atoms with van der Waals surface area (Å²) in [6.07, 6.45) is -0.125. The third-order valence-corrected chi connectivity index (χ3v) is 7.16. The molecule has 11 heteroatoms. The van der Waals surface area contributed by atoms with E-state index in [0.29, 0.717) is 10.4 Å². The highest BCUT2D eigenvalue weighted by atomic mass is 35.5. The van der Waals surface area contributed by atoms with Crippen molar-refractivity contribution in [1.82, 2.24) is 20.0 Å².